The molecule has 0 aliphatic carbocycles. The monoisotopic (exact) mass is 1310 g/mol. The van der Waals surface area contributed by atoms with Crippen molar-refractivity contribution < 1.29 is 59.1 Å². The van der Waals surface area contributed by atoms with Crippen LogP contribution in [-0.4, -0.2) is 100 Å². The molecule has 0 unspecified atom stereocenters. The highest BCUT2D eigenvalue weighted by Gasteiger charge is 2.15. The van der Waals surface area contributed by atoms with Crippen LogP contribution in [0.2, 0.25) is 0 Å². The number of fused-ring (bicyclic) bond motifs is 3. The van der Waals surface area contributed by atoms with Gasteiger partial charge in [-0.3, -0.25) is 29.9 Å². The van der Waals surface area contributed by atoms with Crippen LogP contribution in [0.15, 0.2) is 110 Å². The van der Waals surface area contributed by atoms with Crippen LogP contribution >= 0.6 is 0 Å². The summed E-state index contributed by atoms with van der Waals surface area (Å²) in [4.78, 5) is 28.9. The molecule has 0 atom stereocenters. The maximum absolute atomic E-state index is 11.7. The summed E-state index contributed by atoms with van der Waals surface area (Å²) >= 11 is 0. The maximum Gasteiger partial charge on any atom is 0.184 e. The Morgan fingerprint density at radius 1 is 0.219 bits per heavy atom. The minimum atomic E-state index is -0.518. The zero-order valence-electron chi connectivity index (χ0n) is 57.4. The molecule has 0 spiro atoms. The molecule has 0 saturated carbocycles. The van der Waals surface area contributed by atoms with Crippen molar-refractivity contribution in [2.45, 2.75) is 196 Å². The third-order valence-electron chi connectivity index (χ3n) is 16.4. The van der Waals surface area contributed by atoms with Crippen LogP contribution in [0.5, 0.6) is 69.0 Å². The molecular weight excluding hydrogens is 1210 g/mol. The second-order valence-corrected chi connectivity index (χ2v) is 24.2. The van der Waals surface area contributed by atoms with E-state index in [1.165, 1.54) is 37.2 Å². The number of phenols is 6. The van der Waals surface area contributed by atoms with Gasteiger partial charge in [-0.25, -0.2) is 0 Å². The third-order valence-corrected chi connectivity index (χ3v) is 16.4. The number of hydrogen-bond acceptors (Lipinski definition) is 18. The molecule has 516 valence electrons. The summed E-state index contributed by atoms with van der Waals surface area (Å²) in [5.74, 6) is -0.154. The topological polar surface area (TPSA) is 254 Å². The number of nitrogens with zero attached hydrogens (tertiary/aromatic N) is 6. The zero-order valence-corrected chi connectivity index (χ0v) is 57.4. The Morgan fingerprint density at radius 2 is 0.427 bits per heavy atom. The van der Waals surface area contributed by atoms with Gasteiger partial charge in [0.25, 0.3) is 0 Å². The molecule has 6 bridgehead atoms. The summed E-state index contributed by atoms with van der Waals surface area (Å²) in [6.07, 6.45) is 32.3. The Bertz CT molecular complexity index is 3310. The van der Waals surface area contributed by atoms with E-state index in [9.17, 15) is 30.6 Å². The lowest BCUT2D eigenvalue weighted by molar-refractivity contribution is 0.259. The Labute approximate surface area is 566 Å². The van der Waals surface area contributed by atoms with Gasteiger partial charge in [0.2, 0.25) is 0 Å². The Kier molecular flexibility index (Phi) is 31.8. The minimum absolute atomic E-state index is 0.0301. The molecule has 0 fully saturated rings. The van der Waals surface area contributed by atoms with Crippen LogP contribution in [0.1, 0.15) is 196 Å². The lowest BCUT2D eigenvalue weighted by Crippen LogP contribution is -2.03. The molecule has 18 heteroatoms. The fraction of sp³-hybridized carbons (Fsp3) is 0.462. The van der Waals surface area contributed by atoms with E-state index in [0.29, 0.717) is 107 Å². The van der Waals surface area contributed by atoms with Gasteiger partial charge in [-0.15, -0.1) is 0 Å². The fourth-order valence-electron chi connectivity index (χ4n) is 10.5. The summed E-state index contributed by atoms with van der Waals surface area (Å²) in [5.41, 5.74) is 1.62. The van der Waals surface area contributed by atoms with E-state index in [1.807, 2.05) is 0 Å². The van der Waals surface area contributed by atoms with Crippen LogP contribution in [0.4, 0.5) is 0 Å². The van der Waals surface area contributed by atoms with Crippen LogP contribution in [0, 0.1) is 0 Å². The lowest BCUT2D eigenvalue weighted by atomic mass is 10.2. The maximum atomic E-state index is 11.7. The Hall–Kier alpha value is -9.06. The standard InChI is InChI=1S/C78H102N6O12/c1-7-13-19-25-37-91-67-43-60-54-79-61-36-35-59(77(89)78(61)90)53-84-66-48-72(96-42-30-24-18-12-6)71(95-41-29-23-17-11-5)47-65(66)83-52-58-34-33-57(75(87)76(58)88)51-82-64-46-70(94-40-28-22-16-10-4)69(93-39-27-21-15-9-3)45-63(64)81-50-56-32-31-55(73(85)74(56)86)49-80-62(60)44-68(67)92-38-26-20-14-8-2/h31-36,43-54,85-90H,7-30,37-42H2,1-6H3. The van der Waals surface area contributed by atoms with Gasteiger partial charge in [-0.2, -0.15) is 0 Å². The van der Waals surface area contributed by atoms with E-state index < -0.39 is 34.5 Å². The van der Waals surface area contributed by atoms with Gasteiger partial charge >= 0.3 is 0 Å². The first-order valence-electron chi connectivity index (χ1n) is 35.1. The predicted octanol–water partition coefficient (Wildman–Crippen LogP) is 20.0. The van der Waals surface area contributed by atoms with Crippen LogP contribution in [-0.2, 0) is 0 Å². The first-order valence-corrected chi connectivity index (χ1v) is 35.1. The molecule has 6 N–H and O–H groups in total. The Morgan fingerprint density at radius 3 is 0.698 bits per heavy atom. The zero-order chi connectivity index (χ0) is 68.3. The molecule has 0 radical (unpaired) electrons. The van der Waals surface area contributed by atoms with Crippen molar-refractivity contribution in [1.29, 1.82) is 0 Å². The molecule has 96 heavy (non-hydrogen) atoms. The largest absolute Gasteiger partial charge is 0.504 e. The summed E-state index contributed by atoms with van der Waals surface area (Å²) in [6, 6.07) is 19.9. The summed E-state index contributed by atoms with van der Waals surface area (Å²) in [5, 5.41) is 71.4. The molecular formula is C78H102N6O12. The predicted molar refractivity (Wildman–Crippen MR) is 385 cm³/mol. The van der Waals surface area contributed by atoms with Crippen molar-refractivity contribution in [2.75, 3.05) is 39.6 Å². The molecule has 0 saturated heterocycles. The van der Waals surface area contributed by atoms with Crippen LogP contribution < -0.4 is 28.4 Å². The molecule has 10 rings (SSSR count). The summed E-state index contributed by atoms with van der Waals surface area (Å²) < 4.78 is 38.5. The number of phenolic OH excluding ortho intramolecular Hbond substituents is 6. The van der Waals surface area contributed by atoms with E-state index in [4.69, 9.17) is 53.3 Å². The van der Waals surface area contributed by atoms with Gasteiger partial charge in [-0.05, 0) is 81.0 Å². The first kappa shape index (κ1) is 74.3. The van der Waals surface area contributed by atoms with Crippen LogP contribution in [0.3, 0.4) is 0 Å². The van der Waals surface area contributed by atoms with Gasteiger partial charge in [0, 0.05) is 99.8 Å². The van der Waals surface area contributed by atoms with Crippen molar-refractivity contribution >= 4 is 65.4 Å². The van der Waals surface area contributed by atoms with Gasteiger partial charge < -0.3 is 59.1 Å². The second-order valence-electron chi connectivity index (χ2n) is 24.2. The summed E-state index contributed by atoms with van der Waals surface area (Å²) in [7, 11) is 0. The van der Waals surface area contributed by atoms with Crippen molar-refractivity contribution in [3.63, 3.8) is 0 Å². The minimum Gasteiger partial charge on any atom is -0.504 e. The van der Waals surface area contributed by atoms with Gasteiger partial charge in [-0.1, -0.05) is 157 Å². The number of unbranched alkanes of at least 4 members (excludes halogenated alkanes) is 18. The third kappa shape index (κ3) is 22.8. The quantitative estimate of drug-likeness (QED) is 0.0158. The molecule has 0 aliphatic rings. The summed E-state index contributed by atoms with van der Waals surface area (Å²) in [6.45, 7) is 15.5. The molecule has 0 aliphatic heterocycles. The molecule has 6 aromatic carbocycles. The van der Waals surface area contributed by atoms with E-state index in [-0.39, 0.29) is 32.4 Å². The highest BCUT2D eigenvalue weighted by atomic mass is 16.5. The molecule has 10 aromatic rings. The number of rotatable bonds is 36. The lowest BCUT2D eigenvalue weighted by Gasteiger charge is -2.14. The van der Waals surface area contributed by atoms with E-state index >= 15 is 0 Å². The number of ether oxygens (including phenoxy) is 6. The fourth-order valence-corrected chi connectivity index (χ4v) is 10.5. The Balaban J connectivity index is 1.54. The number of hydrogen-bond donors (Lipinski definition) is 6. The molecule has 0 amide bonds. The molecule has 4 heterocycles. The van der Waals surface area contributed by atoms with Gasteiger partial charge in [0.05, 0.1) is 67.2 Å². The second kappa shape index (κ2) is 41.0. The SMILES string of the molecule is CCCCCCOc1cc2cnc3ccc(cnc4cc(OCCCCCC)c(OCCCCCC)cc4ncc4ccc(cnc5cc(OCCCCCC)c(OCCCCCC)cc5ncc5ccc(cnc2cc1OCCCCCC)c(O)c5O)c(O)c4O)c(O)c3O. The van der Waals surface area contributed by atoms with Gasteiger partial charge in [0.1, 0.15) is 5.52 Å². The highest BCUT2D eigenvalue weighted by molar-refractivity contribution is 5.86. The number of aromatic hydroxyl groups is 6. The highest BCUT2D eigenvalue weighted by Crippen LogP contribution is 2.39. The number of aromatic nitrogens is 6. The van der Waals surface area contributed by atoms with Crippen molar-refractivity contribution in [2.24, 2.45) is 0 Å². The van der Waals surface area contributed by atoms with Crippen molar-refractivity contribution in [3.05, 3.63) is 110 Å². The van der Waals surface area contributed by atoms with E-state index in [0.717, 1.165) is 154 Å². The first-order chi connectivity index (χ1) is 46.9. The van der Waals surface area contributed by atoms with E-state index in [2.05, 4.69) is 46.5 Å². The molecule has 18 nitrogen and oxygen atoms in total. The van der Waals surface area contributed by atoms with Crippen LogP contribution in [0.25, 0.3) is 65.4 Å². The average molecular weight is 1320 g/mol. The smallest absolute Gasteiger partial charge is 0.184 e. The molecule has 4 aromatic heterocycles. The van der Waals surface area contributed by atoms with Crippen molar-refractivity contribution in [3.8, 4) is 69.0 Å². The number of benzene rings is 6. The van der Waals surface area contributed by atoms with Gasteiger partial charge in [0.15, 0.2) is 69.0 Å². The normalized spacial score (nSPS) is 11.1. The van der Waals surface area contributed by atoms with Crippen molar-refractivity contribution in [1.82, 2.24) is 29.9 Å². The van der Waals surface area contributed by atoms with E-state index in [1.54, 1.807) is 72.8 Å². The average Bonchev–Trinajstić information content (AvgIpc) is 0.874.